The minimum Gasteiger partial charge on any atom is -0.477 e. The van der Waals surface area contributed by atoms with Crippen LogP contribution in [-0.4, -0.2) is 25.6 Å². The van der Waals surface area contributed by atoms with Crippen LogP contribution in [0.25, 0.3) is 10.9 Å². The van der Waals surface area contributed by atoms with Gasteiger partial charge in [-0.15, -0.1) is 0 Å². The molecule has 90 valence electrons. The first kappa shape index (κ1) is 10.6. The molecule has 5 nitrogen and oxygen atoms in total. The summed E-state index contributed by atoms with van der Waals surface area (Å²) in [4.78, 5) is 17.8. The number of hydrogen-bond donors (Lipinski definition) is 2. The molecule has 0 atom stereocenters. The summed E-state index contributed by atoms with van der Waals surface area (Å²) in [5.74, 6) is -0.945. The van der Waals surface area contributed by atoms with E-state index in [-0.39, 0.29) is 5.69 Å². The Balaban J connectivity index is 2.08. The summed E-state index contributed by atoms with van der Waals surface area (Å²) in [6.07, 6.45) is 5.34. The smallest absolute Gasteiger partial charge is 0.352 e. The Bertz CT molecular complexity index is 698. The highest BCUT2D eigenvalue weighted by molar-refractivity contribution is 5.95. The second-order valence-electron chi connectivity index (χ2n) is 4.10. The number of aromatic carboxylic acids is 1. The van der Waals surface area contributed by atoms with Crippen molar-refractivity contribution in [3.63, 3.8) is 0 Å². The van der Waals surface area contributed by atoms with Crippen LogP contribution >= 0.6 is 0 Å². The molecular formula is C13H11N3O2. The molecule has 3 aromatic rings. The van der Waals surface area contributed by atoms with Crippen molar-refractivity contribution in [1.29, 1.82) is 0 Å². The van der Waals surface area contributed by atoms with Crippen LogP contribution in [0.4, 0.5) is 0 Å². The normalized spacial score (nSPS) is 10.9. The highest BCUT2D eigenvalue weighted by Crippen LogP contribution is 2.20. The highest BCUT2D eigenvalue weighted by Gasteiger charge is 2.10. The van der Waals surface area contributed by atoms with E-state index < -0.39 is 5.97 Å². The largest absolute Gasteiger partial charge is 0.477 e. The second-order valence-corrected chi connectivity index (χ2v) is 4.10. The van der Waals surface area contributed by atoms with Crippen LogP contribution < -0.4 is 0 Å². The van der Waals surface area contributed by atoms with Crippen LogP contribution in [0.1, 0.15) is 16.1 Å². The lowest BCUT2D eigenvalue weighted by molar-refractivity contribution is 0.0691. The van der Waals surface area contributed by atoms with Crippen molar-refractivity contribution in [3.05, 3.63) is 54.2 Å². The first-order valence-electron chi connectivity index (χ1n) is 5.54. The minimum atomic E-state index is -0.945. The number of carboxylic acids is 1. The van der Waals surface area contributed by atoms with Gasteiger partial charge >= 0.3 is 5.97 Å². The SMILES string of the molecule is O=C(O)c1cc2c(Cn3ccnc3)cccc2[nH]1. The predicted molar refractivity (Wildman–Crippen MR) is 66.6 cm³/mol. The van der Waals surface area contributed by atoms with Crippen molar-refractivity contribution in [2.45, 2.75) is 6.54 Å². The fourth-order valence-electron chi connectivity index (χ4n) is 2.05. The molecule has 0 radical (unpaired) electrons. The Morgan fingerprint density at radius 2 is 2.33 bits per heavy atom. The molecule has 0 fully saturated rings. The minimum absolute atomic E-state index is 0.211. The molecule has 0 amide bonds. The number of benzene rings is 1. The standard InChI is InChI=1S/C13H11N3O2/c17-13(18)12-6-10-9(2-1-3-11(10)15-12)7-16-5-4-14-8-16/h1-6,8,15H,7H2,(H,17,18). The number of H-pyrrole nitrogens is 1. The lowest BCUT2D eigenvalue weighted by Crippen LogP contribution is -1.96. The highest BCUT2D eigenvalue weighted by atomic mass is 16.4. The third-order valence-corrected chi connectivity index (χ3v) is 2.90. The Morgan fingerprint density at radius 3 is 3.06 bits per heavy atom. The number of nitrogens with zero attached hydrogens (tertiary/aromatic N) is 2. The predicted octanol–water partition coefficient (Wildman–Crippen LogP) is 2.11. The summed E-state index contributed by atoms with van der Waals surface area (Å²) in [6.45, 7) is 0.675. The van der Waals surface area contributed by atoms with Gasteiger partial charge in [-0.2, -0.15) is 0 Å². The second kappa shape index (κ2) is 4.03. The van der Waals surface area contributed by atoms with Gasteiger partial charge < -0.3 is 14.7 Å². The lowest BCUT2D eigenvalue weighted by atomic mass is 10.1. The maximum Gasteiger partial charge on any atom is 0.352 e. The Labute approximate surface area is 103 Å². The summed E-state index contributed by atoms with van der Waals surface area (Å²) in [5.41, 5.74) is 2.11. The quantitative estimate of drug-likeness (QED) is 0.737. The summed E-state index contributed by atoms with van der Waals surface area (Å²) in [5, 5.41) is 9.92. The van der Waals surface area contributed by atoms with Gasteiger partial charge in [0.15, 0.2) is 0 Å². The average molecular weight is 241 g/mol. The zero-order valence-electron chi connectivity index (χ0n) is 9.50. The van der Waals surface area contributed by atoms with E-state index in [1.54, 1.807) is 18.6 Å². The monoisotopic (exact) mass is 241 g/mol. The van der Waals surface area contributed by atoms with Crippen LogP contribution in [-0.2, 0) is 6.54 Å². The Kier molecular flexibility index (Phi) is 2.37. The van der Waals surface area contributed by atoms with Crippen molar-refractivity contribution in [2.75, 3.05) is 0 Å². The Morgan fingerprint density at radius 1 is 1.44 bits per heavy atom. The summed E-state index contributed by atoms with van der Waals surface area (Å²) >= 11 is 0. The van der Waals surface area contributed by atoms with E-state index in [0.29, 0.717) is 6.54 Å². The maximum atomic E-state index is 11.0. The first-order chi connectivity index (χ1) is 8.74. The topological polar surface area (TPSA) is 70.9 Å². The molecule has 0 bridgehead atoms. The van der Waals surface area contributed by atoms with Crippen LogP contribution in [0, 0.1) is 0 Å². The van der Waals surface area contributed by atoms with Crippen molar-refractivity contribution in [3.8, 4) is 0 Å². The van der Waals surface area contributed by atoms with Gasteiger partial charge in [0.25, 0.3) is 0 Å². The number of imidazole rings is 1. The number of nitrogens with one attached hydrogen (secondary N) is 1. The van der Waals surface area contributed by atoms with Crippen molar-refractivity contribution in [2.24, 2.45) is 0 Å². The third kappa shape index (κ3) is 1.75. The van der Waals surface area contributed by atoms with Gasteiger partial charge in [-0.1, -0.05) is 12.1 Å². The number of carbonyl (C=O) groups is 1. The molecule has 2 aromatic heterocycles. The van der Waals surface area contributed by atoms with Crippen LogP contribution in [0.5, 0.6) is 0 Å². The van der Waals surface area contributed by atoms with E-state index >= 15 is 0 Å². The van der Waals surface area contributed by atoms with Crippen molar-refractivity contribution >= 4 is 16.9 Å². The molecule has 1 aromatic carbocycles. The molecule has 2 heterocycles. The lowest BCUT2D eigenvalue weighted by Gasteiger charge is -2.03. The van der Waals surface area contributed by atoms with E-state index in [1.165, 1.54) is 0 Å². The van der Waals surface area contributed by atoms with Gasteiger partial charge in [-0.25, -0.2) is 9.78 Å². The Hall–Kier alpha value is -2.56. The van der Waals surface area contributed by atoms with E-state index in [1.807, 2.05) is 29.0 Å². The zero-order chi connectivity index (χ0) is 12.5. The summed E-state index contributed by atoms with van der Waals surface area (Å²) < 4.78 is 1.95. The summed E-state index contributed by atoms with van der Waals surface area (Å²) in [7, 11) is 0. The zero-order valence-corrected chi connectivity index (χ0v) is 9.50. The van der Waals surface area contributed by atoms with Gasteiger partial charge in [-0.05, 0) is 17.7 Å². The van der Waals surface area contributed by atoms with Gasteiger partial charge in [0.05, 0.1) is 6.33 Å². The van der Waals surface area contributed by atoms with Crippen molar-refractivity contribution < 1.29 is 9.90 Å². The molecule has 0 unspecified atom stereocenters. The third-order valence-electron chi connectivity index (χ3n) is 2.90. The number of rotatable bonds is 3. The molecule has 0 spiro atoms. The molecular weight excluding hydrogens is 230 g/mol. The molecule has 0 saturated carbocycles. The average Bonchev–Trinajstić information content (AvgIpc) is 2.97. The number of hydrogen-bond acceptors (Lipinski definition) is 2. The van der Waals surface area contributed by atoms with Crippen LogP contribution in [0.15, 0.2) is 43.0 Å². The fourth-order valence-corrected chi connectivity index (χ4v) is 2.05. The number of aromatic nitrogens is 3. The van der Waals surface area contributed by atoms with E-state index in [0.717, 1.165) is 16.5 Å². The fraction of sp³-hybridized carbons (Fsp3) is 0.0769. The molecule has 0 aliphatic heterocycles. The molecule has 3 rings (SSSR count). The van der Waals surface area contributed by atoms with E-state index in [9.17, 15) is 4.79 Å². The maximum absolute atomic E-state index is 11.0. The van der Waals surface area contributed by atoms with Gasteiger partial charge in [-0.3, -0.25) is 0 Å². The van der Waals surface area contributed by atoms with Gasteiger partial charge in [0.1, 0.15) is 5.69 Å². The van der Waals surface area contributed by atoms with Gasteiger partial charge in [0, 0.05) is 29.8 Å². The molecule has 0 saturated heterocycles. The van der Waals surface area contributed by atoms with Gasteiger partial charge in [0.2, 0.25) is 0 Å². The van der Waals surface area contributed by atoms with Crippen LogP contribution in [0.2, 0.25) is 0 Å². The number of carboxylic acid groups (broad SMARTS) is 1. The van der Waals surface area contributed by atoms with Crippen molar-refractivity contribution in [1.82, 2.24) is 14.5 Å². The summed E-state index contributed by atoms with van der Waals surface area (Å²) in [6, 6.07) is 7.45. The molecule has 18 heavy (non-hydrogen) atoms. The molecule has 0 aliphatic carbocycles. The molecule has 0 aliphatic rings. The number of fused-ring (bicyclic) bond motifs is 1. The van der Waals surface area contributed by atoms with Crippen LogP contribution in [0.3, 0.4) is 0 Å². The number of aromatic amines is 1. The first-order valence-corrected chi connectivity index (χ1v) is 5.54. The van der Waals surface area contributed by atoms with E-state index in [4.69, 9.17) is 5.11 Å². The molecule has 5 heteroatoms. The molecule has 2 N–H and O–H groups in total. The van der Waals surface area contributed by atoms with E-state index in [2.05, 4.69) is 9.97 Å².